The zero-order valence-corrected chi connectivity index (χ0v) is 11.6. The Labute approximate surface area is 115 Å². The minimum absolute atomic E-state index is 0. The number of amides is 1. The predicted molar refractivity (Wildman–Crippen MR) is 76.4 cm³/mol. The van der Waals surface area contributed by atoms with Gasteiger partial charge in [0.05, 0.1) is 0 Å². The van der Waals surface area contributed by atoms with Crippen molar-refractivity contribution in [2.75, 3.05) is 13.1 Å². The normalized spacial score (nSPS) is 15.8. The Hall–Kier alpha value is -1.06. The fraction of sp³-hybridized carbons (Fsp3) is 0.500. The minimum Gasteiger partial charge on any atom is -0.349 e. The topological polar surface area (TPSA) is 41.1 Å². The van der Waals surface area contributed by atoms with E-state index >= 15 is 0 Å². The summed E-state index contributed by atoms with van der Waals surface area (Å²) < 4.78 is 0. The van der Waals surface area contributed by atoms with Crippen LogP contribution in [0.1, 0.15) is 35.7 Å². The summed E-state index contributed by atoms with van der Waals surface area (Å²) in [5.74, 6) is 0.0781. The third-order valence-electron chi connectivity index (χ3n) is 3.32. The largest absolute Gasteiger partial charge is 0.349 e. The second-order valence-electron chi connectivity index (χ2n) is 4.51. The van der Waals surface area contributed by atoms with E-state index in [1.807, 2.05) is 24.3 Å². The maximum atomic E-state index is 12.2. The van der Waals surface area contributed by atoms with Crippen molar-refractivity contribution in [2.45, 2.75) is 32.2 Å². The van der Waals surface area contributed by atoms with Crippen molar-refractivity contribution in [3.63, 3.8) is 0 Å². The van der Waals surface area contributed by atoms with Crippen LogP contribution in [-0.2, 0) is 6.42 Å². The number of hydrogen-bond donors (Lipinski definition) is 2. The summed E-state index contributed by atoms with van der Waals surface area (Å²) in [7, 11) is 0. The van der Waals surface area contributed by atoms with Crippen molar-refractivity contribution in [1.82, 2.24) is 10.6 Å². The molecule has 100 valence electrons. The van der Waals surface area contributed by atoms with E-state index in [2.05, 4.69) is 17.6 Å². The fourth-order valence-corrected chi connectivity index (χ4v) is 2.28. The summed E-state index contributed by atoms with van der Waals surface area (Å²) in [5.41, 5.74) is 1.95. The van der Waals surface area contributed by atoms with Crippen molar-refractivity contribution >= 4 is 18.3 Å². The average Bonchev–Trinajstić information content (AvgIpc) is 2.40. The zero-order valence-electron chi connectivity index (χ0n) is 10.7. The summed E-state index contributed by atoms with van der Waals surface area (Å²) in [6.07, 6.45) is 2.95. The number of aryl methyl sites for hydroxylation is 1. The molecule has 1 aromatic rings. The zero-order chi connectivity index (χ0) is 12.1. The van der Waals surface area contributed by atoms with Crippen LogP contribution in [0.25, 0.3) is 0 Å². The van der Waals surface area contributed by atoms with Gasteiger partial charge in [-0.15, -0.1) is 12.4 Å². The van der Waals surface area contributed by atoms with E-state index in [-0.39, 0.29) is 18.3 Å². The van der Waals surface area contributed by atoms with Gasteiger partial charge in [0.15, 0.2) is 0 Å². The maximum absolute atomic E-state index is 12.2. The Morgan fingerprint density at radius 2 is 2.00 bits per heavy atom. The van der Waals surface area contributed by atoms with Crippen LogP contribution < -0.4 is 10.6 Å². The molecular formula is C14H21ClN2O. The van der Waals surface area contributed by atoms with Crippen molar-refractivity contribution in [2.24, 2.45) is 0 Å². The van der Waals surface area contributed by atoms with E-state index < -0.39 is 0 Å². The number of benzene rings is 1. The van der Waals surface area contributed by atoms with E-state index in [1.54, 1.807) is 0 Å². The second-order valence-corrected chi connectivity index (χ2v) is 4.51. The second kappa shape index (κ2) is 7.39. The number of halogens is 1. The summed E-state index contributed by atoms with van der Waals surface area (Å²) in [6.45, 7) is 4.08. The van der Waals surface area contributed by atoms with Gasteiger partial charge in [0.25, 0.3) is 5.91 Å². The molecule has 2 N–H and O–H groups in total. The molecule has 0 saturated carbocycles. The van der Waals surface area contributed by atoms with Crippen molar-refractivity contribution in [3.05, 3.63) is 35.4 Å². The van der Waals surface area contributed by atoms with Crippen LogP contribution >= 0.6 is 12.4 Å². The lowest BCUT2D eigenvalue weighted by atomic mass is 10.0. The number of piperidine rings is 1. The highest BCUT2D eigenvalue weighted by atomic mass is 35.5. The molecule has 0 unspecified atom stereocenters. The van der Waals surface area contributed by atoms with Gasteiger partial charge in [-0.2, -0.15) is 0 Å². The number of nitrogens with one attached hydrogen (secondary N) is 2. The van der Waals surface area contributed by atoms with E-state index in [9.17, 15) is 4.79 Å². The third-order valence-corrected chi connectivity index (χ3v) is 3.32. The van der Waals surface area contributed by atoms with E-state index in [0.29, 0.717) is 6.04 Å². The number of carbonyl (C=O) groups excluding carboxylic acids is 1. The summed E-state index contributed by atoms with van der Waals surface area (Å²) >= 11 is 0. The molecule has 0 aromatic heterocycles. The molecule has 0 aliphatic carbocycles. The van der Waals surface area contributed by atoms with E-state index in [1.165, 1.54) is 0 Å². The third kappa shape index (κ3) is 3.72. The molecule has 1 aliphatic heterocycles. The molecule has 1 amide bonds. The molecule has 1 fully saturated rings. The van der Waals surface area contributed by atoms with Crippen molar-refractivity contribution in [1.29, 1.82) is 0 Å². The average molecular weight is 269 g/mol. The van der Waals surface area contributed by atoms with Crippen LogP contribution in [0.5, 0.6) is 0 Å². The highest BCUT2D eigenvalue weighted by Gasteiger charge is 2.17. The van der Waals surface area contributed by atoms with Gasteiger partial charge in [-0.05, 0) is 44.0 Å². The first-order chi connectivity index (χ1) is 8.31. The summed E-state index contributed by atoms with van der Waals surface area (Å²) in [6, 6.07) is 8.18. The molecular weight excluding hydrogens is 248 g/mol. The lowest BCUT2D eigenvalue weighted by molar-refractivity contribution is 0.0928. The summed E-state index contributed by atoms with van der Waals surface area (Å²) in [5, 5.41) is 6.43. The monoisotopic (exact) mass is 268 g/mol. The Bertz CT molecular complexity index is 389. The summed E-state index contributed by atoms with van der Waals surface area (Å²) in [4.78, 5) is 12.2. The predicted octanol–water partition coefficient (Wildman–Crippen LogP) is 2.15. The van der Waals surface area contributed by atoms with Gasteiger partial charge in [0.1, 0.15) is 0 Å². The molecule has 3 nitrogen and oxygen atoms in total. The van der Waals surface area contributed by atoms with Crippen LogP contribution in [0.15, 0.2) is 24.3 Å². The van der Waals surface area contributed by atoms with Crippen LogP contribution in [0.4, 0.5) is 0 Å². The Kier molecular flexibility index (Phi) is 6.16. The molecule has 0 radical (unpaired) electrons. The van der Waals surface area contributed by atoms with Gasteiger partial charge >= 0.3 is 0 Å². The highest BCUT2D eigenvalue weighted by molar-refractivity contribution is 5.95. The molecule has 4 heteroatoms. The number of carbonyl (C=O) groups is 1. The first kappa shape index (κ1) is 15.0. The molecule has 1 heterocycles. The fourth-order valence-electron chi connectivity index (χ4n) is 2.28. The minimum atomic E-state index is 0. The van der Waals surface area contributed by atoms with Crippen LogP contribution in [0.3, 0.4) is 0 Å². The van der Waals surface area contributed by atoms with Crippen LogP contribution in [0, 0.1) is 0 Å². The molecule has 1 aromatic carbocycles. The maximum Gasteiger partial charge on any atom is 0.251 e. The SMILES string of the molecule is CCc1ccccc1C(=O)NC1CCNCC1.Cl. The van der Waals surface area contributed by atoms with Gasteiger partial charge in [-0.3, -0.25) is 4.79 Å². The smallest absolute Gasteiger partial charge is 0.251 e. The van der Waals surface area contributed by atoms with Gasteiger partial charge in [-0.1, -0.05) is 25.1 Å². The Morgan fingerprint density at radius 3 is 2.67 bits per heavy atom. The van der Waals surface area contributed by atoms with Crippen molar-refractivity contribution < 1.29 is 4.79 Å². The van der Waals surface area contributed by atoms with E-state index in [0.717, 1.165) is 43.5 Å². The molecule has 2 rings (SSSR count). The Balaban J connectivity index is 0.00000162. The lowest BCUT2D eigenvalue weighted by Crippen LogP contribution is -2.42. The molecule has 0 spiro atoms. The standard InChI is InChI=1S/C14H20N2O.ClH/c1-2-11-5-3-4-6-13(11)14(17)16-12-7-9-15-10-8-12;/h3-6,12,15H,2,7-10H2,1H3,(H,16,17);1H. The van der Waals surface area contributed by atoms with Gasteiger partial charge in [-0.25, -0.2) is 0 Å². The first-order valence-electron chi connectivity index (χ1n) is 6.40. The van der Waals surface area contributed by atoms with Gasteiger partial charge in [0.2, 0.25) is 0 Å². The quantitative estimate of drug-likeness (QED) is 0.882. The molecule has 1 saturated heterocycles. The van der Waals surface area contributed by atoms with E-state index in [4.69, 9.17) is 0 Å². The Morgan fingerprint density at radius 1 is 1.33 bits per heavy atom. The molecule has 1 aliphatic rings. The van der Waals surface area contributed by atoms with Crippen LogP contribution in [0.2, 0.25) is 0 Å². The molecule has 18 heavy (non-hydrogen) atoms. The lowest BCUT2D eigenvalue weighted by Gasteiger charge is -2.24. The molecule has 0 atom stereocenters. The first-order valence-corrected chi connectivity index (χ1v) is 6.40. The molecule has 0 bridgehead atoms. The number of rotatable bonds is 3. The highest BCUT2D eigenvalue weighted by Crippen LogP contribution is 2.11. The van der Waals surface area contributed by atoms with Crippen molar-refractivity contribution in [3.8, 4) is 0 Å². The van der Waals surface area contributed by atoms with Gasteiger partial charge in [0, 0.05) is 11.6 Å². The van der Waals surface area contributed by atoms with Crippen LogP contribution in [-0.4, -0.2) is 25.0 Å². The van der Waals surface area contributed by atoms with Gasteiger partial charge < -0.3 is 10.6 Å². The number of hydrogen-bond acceptors (Lipinski definition) is 2.